The number of urea groups is 1. The Morgan fingerprint density at radius 2 is 1.82 bits per heavy atom. The number of aryl methyl sites for hydroxylation is 1. The van der Waals surface area contributed by atoms with E-state index in [2.05, 4.69) is 17.6 Å². The third-order valence-electron chi connectivity index (χ3n) is 6.38. The van der Waals surface area contributed by atoms with Crippen molar-refractivity contribution in [2.24, 2.45) is 5.92 Å². The van der Waals surface area contributed by atoms with Crippen LogP contribution in [0.2, 0.25) is 0 Å². The van der Waals surface area contributed by atoms with Crippen molar-refractivity contribution in [3.05, 3.63) is 33.9 Å². The minimum atomic E-state index is -3.90. The molecule has 0 radical (unpaired) electrons. The van der Waals surface area contributed by atoms with Crippen LogP contribution < -0.4 is 10.6 Å². The molecule has 2 aliphatic rings. The van der Waals surface area contributed by atoms with Gasteiger partial charge in [0.05, 0.1) is 16.4 Å². The van der Waals surface area contributed by atoms with Gasteiger partial charge >= 0.3 is 6.03 Å². The third-order valence-corrected chi connectivity index (χ3v) is 8.42. The maximum atomic E-state index is 13.0. The Hall–Kier alpha value is -2.57. The number of nitrogens with one attached hydrogen (secondary N) is 2. The number of piperazine rings is 1. The van der Waals surface area contributed by atoms with Crippen molar-refractivity contribution in [1.82, 2.24) is 19.8 Å². The molecule has 33 heavy (non-hydrogen) atoms. The molecule has 2 fully saturated rings. The minimum absolute atomic E-state index is 0.0165. The van der Waals surface area contributed by atoms with Gasteiger partial charge in [-0.2, -0.15) is 4.31 Å². The van der Waals surface area contributed by atoms with E-state index in [0.717, 1.165) is 31.7 Å². The SMILES string of the molecule is Cc1ccc([N+](=O)[O-])cc1S(=O)(=O)N1CCN(CC(=O)NC(=O)NC2CCCCC2C)CC1. The molecule has 2 N–H and O–H groups in total. The number of nitrogens with zero attached hydrogens (tertiary/aromatic N) is 3. The lowest BCUT2D eigenvalue weighted by Crippen LogP contribution is -2.53. The average Bonchev–Trinajstić information content (AvgIpc) is 2.75. The van der Waals surface area contributed by atoms with E-state index >= 15 is 0 Å². The number of hydrogen-bond donors (Lipinski definition) is 2. The Balaban J connectivity index is 1.51. The van der Waals surface area contributed by atoms with Crippen molar-refractivity contribution >= 4 is 27.6 Å². The first-order valence-electron chi connectivity index (χ1n) is 11.2. The van der Waals surface area contributed by atoms with Gasteiger partial charge in [-0.1, -0.05) is 25.8 Å². The zero-order valence-electron chi connectivity index (χ0n) is 19.0. The number of nitro benzene ring substituents is 1. The fraction of sp³-hybridized carbons (Fsp3) is 0.619. The van der Waals surface area contributed by atoms with Crippen molar-refractivity contribution < 1.29 is 22.9 Å². The summed E-state index contributed by atoms with van der Waals surface area (Å²) in [5.74, 6) is -0.0638. The van der Waals surface area contributed by atoms with Gasteiger partial charge in [0.15, 0.2) is 0 Å². The molecule has 2 unspecified atom stereocenters. The lowest BCUT2D eigenvalue weighted by atomic mass is 9.86. The van der Waals surface area contributed by atoms with Crippen LogP contribution in [0.1, 0.15) is 38.2 Å². The summed E-state index contributed by atoms with van der Waals surface area (Å²) in [5.41, 5.74) is 0.149. The van der Waals surface area contributed by atoms with Gasteiger partial charge in [-0.05, 0) is 31.2 Å². The summed E-state index contributed by atoms with van der Waals surface area (Å²) >= 11 is 0. The Kier molecular flexibility index (Phi) is 8.03. The number of benzene rings is 1. The van der Waals surface area contributed by atoms with Crippen LogP contribution in [0, 0.1) is 23.0 Å². The molecule has 1 saturated carbocycles. The highest BCUT2D eigenvalue weighted by molar-refractivity contribution is 7.89. The molecule has 0 aromatic heterocycles. The average molecular weight is 482 g/mol. The van der Waals surface area contributed by atoms with Crippen molar-refractivity contribution in [2.45, 2.75) is 50.5 Å². The molecular weight excluding hydrogens is 450 g/mol. The second-order valence-electron chi connectivity index (χ2n) is 8.78. The Labute approximate surface area is 193 Å². The summed E-state index contributed by atoms with van der Waals surface area (Å²) in [4.78, 5) is 36.5. The molecule has 1 aliphatic carbocycles. The standard InChI is InChI=1S/C21H31N5O6S/c1-15-5-3-4-6-18(15)22-21(28)23-20(27)14-24-9-11-25(12-10-24)33(31,32)19-13-17(26(29)30)8-7-16(19)2/h7-8,13,15,18H,3-6,9-12,14H2,1-2H3,(H2,22,23,27,28). The molecule has 1 aliphatic heterocycles. The topological polar surface area (TPSA) is 142 Å². The molecule has 3 rings (SSSR count). The molecule has 2 atom stereocenters. The van der Waals surface area contributed by atoms with Gasteiger partial charge in [-0.25, -0.2) is 13.2 Å². The molecule has 1 saturated heterocycles. The molecule has 11 nitrogen and oxygen atoms in total. The number of non-ortho nitro benzene ring substituents is 1. The van der Waals surface area contributed by atoms with Gasteiger partial charge < -0.3 is 5.32 Å². The summed E-state index contributed by atoms with van der Waals surface area (Å²) in [6.45, 7) is 4.57. The maximum Gasteiger partial charge on any atom is 0.321 e. The van der Waals surface area contributed by atoms with E-state index in [1.807, 2.05) is 0 Å². The molecule has 3 amide bonds. The molecule has 0 bridgehead atoms. The van der Waals surface area contributed by atoms with Gasteiger partial charge in [0.25, 0.3) is 5.69 Å². The zero-order chi connectivity index (χ0) is 24.2. The van der Waals surface area contributed by atoms with Crippen LogP contribution in [0.25, 0.3) is 0 Å². The van der Waals surface area contributed by atoms with E-state index in [1.165, 1.54) is 16.4 Å². The normalized spacial score (nSPS) is 22.5. The van der Waals surface area contributed by atoms with E-state index in [-0.39, 0.29) is 36.3 Å². The highest BCUT2D eigenvalue weighted by Gasteiger charge is 2.31. The van der Waals surface area contributed by atoms with E-state index in [1.54, 1.807) is 11.8 Å². The Morgan fingerprint density at radius 3 is 2.45 bits per heavy atom. The van der Waals surface area contributed by atoms with E-state index in [9.17, 15) is 28.1 Å². The predicted molar refractivity (Wildman–Crippen MR) is 121 cm³/mol. The summed E-state index contributed by atoms with van der Waals surface area (Å²) in [6, 6.07) is 3.34. The summed E-state index contributed by atoms with van der Waals surface area (Å²) in [6.07, 6.45) is 4.18. The van der Waals surface area contributed by atoms with Gasteiger partial charge in [-0.3, -0.25) is 25.1 Å². The minimum Gasteiger partial charge on any atom is -0.335 e. The van der Waals surface area contributed by atoms with Crippen molar-refractivity contribution in [1.29, 1.82) is 0 Å². The highest BCUT2D eigenvalue weighted by Crippen LogP contribution is 2.26. The first-order valence-corrected chi connectivity index (χ1v) is 12.6. The van der Waals surface area contributed by atoms with Crippen molar-refractivity contribution in [3.8, 4) is 0 Å². The first-order chi connectivity index (χ1) is 15.6. The smallest absolute Gasteiger partial charge is 0.321 e. The van der Waals surface area contributed by atoms with Gasteiger partial charge in [0.1, 0.15) is 0 Å². The zero-order valence-corrected chi connectivity index (χ0v) is 19.8. The van der Waals surface area contributed by atoms with E-state index in [4.69, 9.17) is 0 Å². The quantitative estimate of drug-likeness (QED) is 0.464. The number of carbonyl (C=O) groups excluding carboxylic acids is 2. The number of carbonyl (C=O) groups is 2. The van der Waals surface area contributed by atoms with Crippen molar-refractivity contribution in [2.75, 3.05) is 32.7 Å². The van der Waals surface area contributed by atoms with Crippen LogP contribution in [-0.4, -0.2) is 73.3 Å². The summed E-state index contributed by atoms with van der Waals surface area (Å²) < 4.78 is 27.3. The van der Waals surface area contributed by atoms with Crippen LogP contribution in [0.5, 0.6) is 0 Å². The number of amides is 3. The Bertz CT molecular complexity index is 1010. The van der Waals surface area contributed by atoms with Crippen LogP contribution >= 0.6 is 0 Å². The molecule has 0 spiro atoms. The fourth-order valence-electron chi connectivity index (χ4n) is 4.35. The molecule has 182 valence electrons. The molecular formula is C21H31N5O6S. The van der Waals surface area contributed by atoms with Crippen LogP contribution in [-0.2, 0) is 14.8 Å². The lowest BCUT2D eigenvalue weighted by molar-refractivity contribution is -0.385. The van der Waals surface area contributed by atoms with Gasteiger partial charge in [-0.15, -0.1) is 0 Å². The number of imide groups is 1. The second-order valence-corrected chi connectivity index (χ2v) is 10.7. The van der Waals surface area contributed by atoms with Crippen molar-refractivity contribution in [3.63, 3.8) is 0 Å². The third kappa shape index (κ3) is 6.27. The number of sulfonamides is 1. The second kappa shape index (κ2) is 10.6. The van der Waals surface area contributed by atoms with Gasteiger partial charge in [0.2, 0.25) is 15.9 Å². The number of rotatable bonds is 6. The van der Waals surface area contributed by atoms with E-state index in [0.29, 0.717) is 24.6 Å². The molecule has 12 heteroatoms. The highest BCUT2D eigenvalue weighted by atomic mass is 32.2. The molecule has 1 aromatic carbocycles. The van der Waals surface area contributed by atoms with Crippen LogP contribution in [0.15, 0.2) is 23.1 Å². The van der Waals surface area contributed by atoms with Gasteiger partial charge in [0, 0.05) is 44.4 Å². The Morgan fingerprint density at radius 1 is 1.15 bits per heavy atom. The fourth-order valence-corrected chi connectivity index (χ4v) is 6.02. The lowest BCUT2D eigenvalue weighted by Gasteiger charge is -2.33. The predicted octanol–water partition coefficient (Wildman–Crippen LogP) is 1.61. The molecule has 1 heterocycles. The van der Waals surface area contributed by atoms with Crippen LogP contribution in [0.4, 0.5) is 10.5 Å². The van der Waals surface area contributed by atoms with Crippen LogP contribution in [0.3, 0.4) is 0 Å². The first kappa shape index (κ1) is 25.1. The maximum absolute atomic E-state index is 13.0. The summed E-state index contributed by atoms with van der Waals surface area (Å²) in [5, 5.41) is 16.3. The summed E-state index contributed by atoms with van der Waals surface area (Å²) in [7, 11) is -3.90. The number of nitro groups is 1. The molecule has 1 aromatic rings. The monoisotopic (exact) mass is 481 g/mol. The number of hydrogen-bond acceptors (Lipinski definition) is 7. The van der Waals surface area contributed by atoms with E-state index < -0.39 is 26.9 Å². The largest absolute Gasteiger partial charge is 0.335 e.